The zero-order chi connectivity index (χ0) is 28.3. The number of anilines is 3. The molecule has 9 rings (SSSR count). The summed E-state index contributed by atoms with van der Waals surface area (Å²) in [6, 6.07) is 41.3. The lowest BCUT2D eigenvalue weighted by Gasteiger charge is -2.25. The van der Waals surface area contributed by atoms with Crippen molar-refractivity contribution in [1.29, 1.82) is 0 Å². The van der Waals surface area contributed by atoms with Crippen molar-refractivity contribution >= 4 is 76.7 Å². The number of benzene rings is 5. The summed E-state index contributed by atoms with van der Waals surface area (Å²) in [5.41, 5.74) is 10.7. The quantitative estimate of drug-likeness (QED) is 0.211. The summed E-state index contributed by atoms with van der Waals surface area (Å²) in [6.07, 6.45) is 8.53. The lowest BCUT2D eigenvalue weighted by molar-refractivity contribution is 0.666. The van der Waals surface area contributed by atoms with Gasteiger partial charge >= 0.3 is 0 Å². The first-order valence-electron chi connectivity index (χ1n) is 14.7. The van der Waals surface area contributed by atoms with Gasteiger partial charge in [0.1, 0.15) is 11.1 Å². The molecule has 0 atom stereocenters. The van der Waals surface area contributed by atoms with Crippen LogP contribution in [0.15, 0.2) is 132 Å². The first-order chi connectivity index (χ1) is 21.3. The second-order valence-corrected chi connectivity index (χ2v) is 12.2. The van der Waals surface area contributed by atoms with E-state index in [1.165, 1.54) is 42.4 Å². The Morgan fingerprint density at radius 2 is 1.44 bits per heavy atom. The smallest absolute Gasteiger partial charge is 0.155 e. The maximum absolute atomic E-state index is 6.57. The molecule has 3 aromatic heterocycles. The minimum absolute atomic E-state index is 0.799. The Morgan fingerprint density at radius 1 is 0.651 bits per heavy atom. The molecular formula is C39H26N2OS. The van der Waals surface area contributed by atoms with E-state index in [4.69, 9.17) is 9.40 Å². The number of hydrogen-bond donors (Lipinski definition) is 0. The molecule has 0 saturated heterocycles. The lowest BCUT2D eigenvalue weighted by atomic mass is 9.96. The van der Waals surface area contributed by atoms with Crippen molar-refractivity contribution in [2.24, 2.45) is 0 Å². The molecule has 0 bridgehead atoms. The standard InChI is InChI=1S/C39H26N2OS/c1-2-8-25(9-3-1)26-14-17-28(18-15-26)41(29-19-21-37-34(22-29)32-12-6-7-13-36(32)43-37)30-23-35-38(40-24-30)33-20-16-27-10-4-5-11-31(27)39(33)42-35/h1-3,5-9,11-24H,4,10H2. The molecule has 0 unspecified atom stereocenters. The van der Waals surface area contributed by atoms with Crippen LogP contribution in [0, 0.1) is 0 Å². The maximum Gasteiger partial charge on any atom is 0.155 e. The van der Waals surface area contributed by atoms with Crippen molar-refractivity contribution in [3.05, 3.63) is 139 Å². The van der Waals surface area contributed by atoms with E-state index in [0.717, 1.165) is 52.0 Å². The fraction of sp³-hybridized carbons (Fsp3) is 0.0513. The van der Waals surface area contributed by atoms with Crippen LogP contribution in [0.2, 0.25) is 0 Å². The fourth-order valence-corrected chi connectivity index (χ4v) is 7.54. The van der Waals surface area contributed by atoms with Crippen molar-refractivity contribution in [3.63, 3.8) is 0 Å². The van der Waals surface area contributed by atoms with E-state index < -0.39 is 0 Å². The number of furan rings is 1. The monoisotopic (exact) mass is 570 g/mol. The van der Waals surface area contributed by atoms with Gasteiger partial charge in [-0.1, -0.05) is 78.9 Å². The van der Waals surface area contributed by atoms with Crippen LogP contribution in [0.4, 0.5) is 17.1 Å². The molecule has 0 amide bonds. The molecule has 3 heterocycles. The van der Waals surface area contributed by atoms with Gasteiger partial charge in [-0.3, -0.25) is 0 Å². The zero-order valence-electron chi connectivity index (χ0n) is 23.3. The van der Waals surface area contributed by atoms with Gasteiger partial charge in [-0.2, -0.15) is 0 Å². The number of aryl methyl sites for hydroxylation is 1. The molecule has 4 heteroatoms. The third kappa shape index (κ3) is 3.98. The van der Waals surface area contributed by atoms with Gasteiger partial charge in [0.15, 0.2) is 5.58 Å². The lowest BCUT2D eigenvalue weighted by Crippen LogP contribution is -2.10. The fourth-order valence-electron chi connectivity index (χ4n) is 6.46. The van der Waals surface area contributed by atoms with Gasteiger partial charge in [0, 0.05) is 48.6 Å². The van der Waals surface area contributed by atoms with Gasteiger partial charge in [-0.25, -0.2) is 4.98 Å². The Hall–Kier alpha value is -5.19. The second-order valence-electron chi connectivity index (χ2n) is 11.1. The van der Waals surface area contributed by atoms with E-state index in [0.29, 0.717) is 0 Å². The van der Waals surface area contributed by atoms with Crippen LogP contribution >= 0.6 is 11.3 Å². The predicted molar refractivity (Wildman–Crippen MR) is 182 cm³/mol. The average molecular weight is 571 g/mol. The van der Waals surface area contributed by atoms with E-state index in [-0.39, 0.29) is 0 Å². The molecule has 43 heavy (non-hydrogen) atoms. The number of allylic oxidation sites excluding steroid dienone is 1. The molecule has 8 aromatic rings. The summed E-state index contributed by atoms with van der Waals surface area (Å²) in [7, 11) is 0. The van der Waals surface area contributed by atoms with Crippen LogP contribution in [-0.2, 0) is 6.42 Å². The van der Waals surface area contributed by atoms with Gasteiger partial charge in [-0.15, -0.1) is 11.3 Å². The van der Waals surface area contributed by atoms with Crippen LogP contribution in [0.5, 0.6) is 0 Å². The molecular weight excluding hydrogens is 545 g/mol. The number of nitrogens with zero attached hydrogens (tertiary/aromatic N) is 2. The van der Waals surface area contributed by atoms with Crippen molar-refractivity contribution in [2.75, 3.05) is 4.90 Å². The molecule has 0 N–H and O–H groups in total. The first-order valence-corrected chi connectivity index (χ1v) is 15.5. The molecule has 0 aliphatic heterocycles. The number of aromatic nitrogens is 1. The van der Waals surface area contributed by atoms with Crippen LogP contribution in [0.1, 0.15) is 17.5 Å². The molecule has 5 aromatic carbocycles. The van der Waals surface area contributed by atoms with E-state index in [1.807, 2.05) is 17.5 Å². The highest BCUT2D eigenvalue weighted by atomic mass is 32.1. The van der Waals surface area contributed by atoms with Crippen molar-refractivity contribution in [2.45, 2.75) is 12.8 Å². The second kappa shape index (κ2) is 9.69. The Balaban J connectivity index is 1.23. The van der Waals surface area contributed by atoms with E-state index >= 15 is 0 Å². The largest absolute Gasteiger partial charge is 0.454 e. The van der Waals surface area contributed by atoms with E-state index in [9.17, 15) is 0 Å². The van der Waals surface area contributed by atoms with Crippen molar-refractivity contribution < 1.29 is 4.42 Å². The summed E-state index contributed by atoms with van der Waals surface area (Å²) >= 11 is 1.84. The molecule has 3 nitrogen and oxygen atoms in total. The normalized spacial score (nSPS) is 12.8. The highest BCUT2D eigenvalue weighted by Gasteiger charge is 2.20. The third-order valence-electron chi connectivity index (χ3n) is 8.57. The van der Waals surface area contributed by atoms with E-state index in [1.54, 1.807) is 0 Å². The van der Waals surface area contributed by atoms with Crippen LogP contribution < -0.4 is 4.90 Å². The highest BCUT2D eigenvalue weighted by Crippen LogP contribution is 2.42. The maximum atomic E-state index is 6.57. The van der Waals surface area contributed by atoms with Gasteiger partial charge in [-0.05, 0) is 72.0 Å². The highest BCUT2D eigenvalue weighted by molar-refractivity contribution is 7.25. The molecule has 1 aliphatic carbocycles. The van der Waals surface area contributed by atoms with Crippen LogP contribution in [0.3, 0.4) is 0 Å². The summed E-state index contributed by atoms with van der Waals surface area (Å²) in [6.45, 7) is 0. The summed E-state index contributed by atoms with van der Waals surface area (Å²) < 4.78 is 9.15. The average Bonchev–Trinajstić information content (AvgIpc) is 3.64. The SMILES string of the molecule is C1=Cc2c(ccc3c2oc2cc(N(c4ccc(-c5ccccc5)cc4)c4ccc5sc6ccccc6c5c4)cnc23)CC1. The van der Waals surface area contributed by atoms with Crippen molar-refractivity contribution in [3.8, 4) is 11.1 Å². The van der Waals surface area contributed by atoms with Gasteiger partial charge in [0.05, 0.1) is 11.9 Å². The van der Waals surface area contributed by atoms with Gasteiger partial charge < -0.3 is 9.32 Å². The first kappa shape index (κ1) is 24.4. The summed E-state index contributed by atoms with van der Waals surface area (Å²) in [5.74, 6) is 0. The van der Waals surface area contributed by atoms with Crippen LogP contribution in [-0.4, -0.2) is 4.98 Å². The Labute approximate surface area is 253 Å². The Kier molecular flexibility index (Phi) is 5.50. The Bertz CT molecular complexity index is 2350. The molecule has 204 valence electrons. The molecule has 0 saturated carbocycles. The third-order valence-corrected chi connectivity index (χ3v) is 9.72. The zero-order valence-corrected chi connectivity index (χ0v) is 24.1. The summed E-state index contributed by atoms with van der Waals surface area (Å²) in [4.78, 5) is 7.29. The van der Waals surface area contributed by atoms with Crippen LogP contribution in [0.25, 0.3) is 59.4 Å². The number of hydrogen-bond acceptors (Lipinski definition) is 4. The Morgan fingerprint density at radius 3 is 2.35 bits per heavy atom. The molecule has 0 fully saturated rings. The molecule has 1 aliphatic rings. The summed E-state index contributed by atoms with van der Waals surface area (Å²) in [5, 5.41) is 3.62. The van der Waals surface area contributed by atoms with Gasteiger partial charge in [0.25, 0.3) is 0 Å². The number of rotatable bonds is 4. The van der Waals surface area contributed by atoms with E-state index in [2.05, 4.69) is 132 Å². The number of pyridine rings is 1. The van der Waals surface area contributed by atoms with Gasteiger partial charge in [0.2, 0.25) is 0 Å². The number of fused-ring (bicyclic) bond motifs is 8. The number of thiophene rings is 1. The predicted octanol–water partition coefficient (Wildman–Crippen LogP) is 11.4. The minimum atomic E-state index is 0.799. The molecule has 0 radical (unpaired) electrons. The minimum Gasteiger partial charge on any atom is -0.454 e. The van der Waals surface area contributed by atoms with Crippen molar-refractivity contribution in [1.82, 2.24) is 4.98 Å². The molecule has 0 spiro atoms. The topological polar surface area (TPSA) is 29.3 Å².